The average Bonchev–Trinajstić information content (AvgIpc) is 2.02. The maximum Gasteiger partial charge on any atom is 0.287 e. The van der Waals surface area contributed by atoms with E-state index in [4.69, 9.17) is 9.84 Å². The molecule has 0 aromatic heterocycles. The van der Waals surface area contributed by atoms with E-state index in [1.165, 1.54) is 0 Å². The van der Waals surface area contributed by atoms with Crippen LogP contribution in [-0.2, 0) is 4.74 Å². The van der Waals surface area contributed by atoms with E-state index >= 15 is 0 Å². The molecule has 14 heavy (non-hydrogen) atoms. The van der Waals surface area contributed by atoms with Gasteiger partial charge < -0.3 is 15.2 Å². The highest BCUT2D eigenvalue weighted by Gasteiger charge is 2.03. The maximum atomic E-state index is 9.08. The molecule has 0 aliphatic rings. The second-order valence-corrected chi connectivity index (χ2v) is 3.57. The molecule has 0 spiro atoms. The molecule has 0 saturated heterocycles. The summed E-state index contributed by atoms with van der Waals surface area (Å²) in [6.07, 6.45) is 1.36. The van der Waals surface area contributed by atoms with Crippen molar-refractivity contribution in [1.82, 2.24) is 5.32 Å². The predicted octanol–water partition coefficient (Wildman–Crippen LogP) is 1.50. The Labute approximate surface area is 86.4 Å². The number of rotatable bonds is 5. The lowest BCUT2D eigenvalue weighted by atomic mass is 10.4. The van der Waals surface area contributed by atoms with E-state index in [1.54, 1.807) is 6.92 Å². The molecule has 1 unspecified atom stereocenters. The van der Waals surface area contributed by atoms with Gasteiger partial charge in [0.05, 0.1) is 6.61 Å². The summed E-state index contributed by atoms with van der Waals surface area (Å²) in [6, 6.07) is 0.692. The quantitative estimate of drug-likeness (QED) is 0.403. The smallest absolute Gasteiger partial charge is 0.287 e. The number of amidine groups is 1. The van der Waals surface area contributed by atoms with Crippen LogP contribution in [0, 0.1) is 0 Å². The van der Waals surface area contributed by atoms with Crippen LogP contribution < -0.4 is 5.32 Å². The van der Waals surface area contributed by atoms with Crippen molar-refractivity contribution in [3.05, 3.63) is 0 Å². The van der Waals surface area contributed by atoms with E-state index in [-0.39, 0.29) is 6.04 Å². The molecule has 0 aliphatic carbocycles. The van der Waals surface area contributed by atoms with Crippen molar-refractivity contribution in [2.75, 3.05) is 6.61 Å². The molecular weight excluding hydrogens is 180 g/mol. The molecule has 0 heterocycles. The normalized spacial score (nSPS) is 14.3. The van der Waals surface area contributed by atoms with E-state index in [0.717, 1.165) is 12.8 Å². The molecule has 0 saturated carbocycles. The van der Waals surface area contributed by atoms with Crippen LogP contribution in [0.2, 0.25) is 0 Å². The Hall–Kier alpha value is -0.770. The Balaban J connectivity index is 3.98. The highest BCUT2D eigenvalue weighted by atomic mass is 16.5. The Morgan fingerprint density at radius 1 is 1.43 bits per heavy atom. The third-order valence-corrected chi connectivity index (χ3v) is 1.45. The van der Waals surface area contributed by atoms with Gasteiger partial charge in [-0.15, -0.1) is 0 Å². The van der Waals surface area contributed by atoms with Gasteiger partial charge in [0.25, 0.3) is 6.02 Å². The van der Waals surface area contributed by atoms with Crippen molar-refractivity contribution in [2.24, 2.45) is 4.99 Å². The lowest BCUT2D eigenvalue weighted by Gasteiger charge is -2.14. The first-order valence-electron chi connectivity index (χ1n) is 5.21. The van der Waals surface area contributed by atoms with Crippen molar-refractivity contribution in [3.8, 4) is 0 Å². The topological polar surface area (TPSA) is 53.9 Å². The van der Waals surface area contributed by atoms with E-state index in [0.29, 0.717) is 12.6 Å². The van der Waals surface area contributed by atoms with Crippen LogP contribution in [0.1, 0.15) is 40.5 Å². The summed E-state index contributed by atoms with van der Waals surface area (Å²) in [5.74, 6) is 0. The first-order chi connectivity index (χ1) is 6.56. The van der Waals surface area contributed by atoms with E-state index in [2.05, 4.69) is 17.2 Å². The summed E-state index contributed by atoms with van der Waals surface area (Å²) in [7, 11) is 0. The minimum absolute atomic E-state index is 0.258. The highest BCUT2D eigenvalue weighted by molar-refractivity contribution is 5.73. The molecule has 0 aromatic carbocycles. The molecule has 0 aromatic rings. The Morgan fingerprint density at radius 2 is 2.07 bits per heavy atom. The first kappa shape index (κ1) is 13.2. The third kappa shape index (κ3) is 7.86. The Morgan fingerprint density at radius 3 is 2.50 bits per heavy atom. The lowest BCUT2D eigenvalue weighted by molar-refractivity contribution is 0.193. The van der Waals surface area contributed by atoms with Gasteiger partial charge in [-0.05, 0) is 27.2 Å². The molecule has 4 nitrogen and oxygen atoms in total. The number of nitrogens with one attached hydrogen (secondary N) is 1. The molecule has 1 atom stereocenters. The summed E-state index contributed by atoms with van der Waals surface area (Å²) in [4.78, 5) is 3.93. The largest absolute Gasteiger partial charge is 0.465 e. The van der Waals surface area contributed by atoms with Crippen LogP contribution in [0.25, 0.3) is 0 Å². The zero-order chi connectivity index (χ0) is 11.0. The SMILES string of the molecule is CCCCO/C(=N\C(C)O)NC(C)C. The summed E-state index contributed by atoms with van der Waals surface area (Å²) in [5.41, 5.74) is 0. The van der Waals surface area contributed by atoms with Crippen LogP contribution in [0.3, 0.4) is 0 Å². The van der Waals surface area contributed by atoms with Gasteiger partial charge >= 0.3 is 0 Å². The summed E-state index contributed by atoms with van der Waals surface area (Å²) in [5, 5.41) is 12.1. The monoisotopic (exact) mass is 202 g/mol. The zero-order valence-corrected chi connectivity index (χ0v) is 9.58. The molecule has 0 aliphatic heterocycles. The number of ether oxygens (including phenoxy) is 1. The summed E-state index contributed by atoms with van der Waals surface area (Å²) in [6.45, 7) is 8.35. The van der Waals surface area contributed by atoms with Gasteiger partial charge in [-0.25, -0.2) is 4.99 Å². The molecule has 0 amide bonds. The van der Waals surface area contributed by atoms with Gasteiger partial charge in [0, 0.05) is 6.04 Å². The second kappa shape index (κ2) is 7.62. The standard InChI is InChI=1S/C10H22N2O2/c1-5-6-7-14-10(11-8(2)3)12-9(4)13/h8-9,13H,5-7H2,1-4H3,(H,11,12). The number of hydrogen-bond donors (Lipinski definition) is 2. The van der Waals surface area contributed by atoms with Gasteiger partial charge in [0.15, 0.2) is 0 Å². The van der Waals surface area contributed by atoms with Crippen LogP contribution in [0.15, 0.2) is 4.99 Å². The van der Waals surface area contributed by atoms with Gasteiger partial charge in [0.1, 0.15) is 6.23 Å². The third-order valence-electron chi connectivity index (χ3n) is 1.45. The molecule has 84 valence electrons. The summed E-state index contributed by atoms with van der Waals surface area (Å²) >= 11 is 0. The molecule has 4 heteroatoms. The minimum Gasteiger partial charge on any atom is -0.465 e. The summed E-state index contributed by atoms with van der Waals surface area (Å²) < 4.78 is 5.38. The van der Waals surface area contributed by atoms with Crippen LogP contribution in [0.5, 0.6) is 0 Å². The number of nitrogens with zero attached hydrogens (tertiary/aromatic N) is 1. The Kier molecular flexibility index (Phi) is 7.20. The minimum atomic E-state index is -0.724. The van der Waals surface area contributed by atoms with Crippen molar-refractivity contribution < 1.29 is 9.84 Å². The van der Waals surface area contributed by atoms with Crippen LogP contribution in [0.4, 0.5) is 0 Å². The van der Waals surface area contributed by atoms with Crippen LogP contribution in [-0.4, -0.2) is 30.0 Å². The number of aliphatic imine (C=N–C) groups is 1. The average molecular weight is 202 g/mol. The first-order valence-corrected chi connectivity index (χ1v) is 5.21. The van der Waals surface area contributed by atoms with Gasteiger partial charge in [0.2, 0.25) is 0 Å². The molecule has 2 N–H and O–H groups in total. The highest BCUT2D eigenvalue weighted by Crippen LogP contribution is 1.92. The number of hydrogen-bond acceptors (Lipinski definition) is 3. The van der Waals surface area contributed by atoms with Crippen molar-refractivity contribution in [3.63, 3.8) is 0 Å². The predicted molar refractivity (Wildman–Crippen MR) is 58.2 cm³/mol. The number of unbranched alkanes of at least 4 members (excludes halogenated alkanes) is 1. The van der Waals surface area contributed by atoms with Gasteiger partial charge in [-0.2, -0.15) is 0 Å². The Bertz CT molecular complexity index is 168. The molecule has 0 radical (unpaired) electrons. The zero-order valence-electron chi connectivity index (χ0n) is 9.58. The number of aliphatic hydroxyl groups excluding tert-OH is 1. The van der Waals surface area contributed by atoms with Crippen molar-refractivity contribution >= 4 is 6.02 Å². The van der Waals surface area contributed by atoms with E-state index < -0.39 is 6.23 Å². The fourth-order valence-electron chi connectivity index (χ4n) is 0.846. The van der Waals surface area contributed by atoms with E-state index in [9.17, 15) is 0 Å². The van der Waals surface area contributed by atoms with Crippen molar-refractivity contribution in [2.45, 2.75) is 52.8 Å². The van der Waals surface area contributed by atoms with E-state index in [1.807, 2.05) is 13.8 Å². The molecule has 0 fully saturated rings. The van der Waals surface area contributed by atoms with Gasteiger partial charge in [-0.3, -0.25) is 0 Å². The molecule has 0 bridgehead atoms. The van der Waals surface area contributed by atoms with Crippen LogP contribution >= 0.6 is 0 Å². The second-order valence-electron chi connectivity index (χ2n) is 3.57. The van der Waals surface area contributed by atoms with Gasteiger partial charge in [-0.1, -0.05) is 13.3 Å². The fraction of sp³-hybridized carbons (Fsp3) is 0.900. The molecular formula is C10H22N2O2. The van der Waals surface area contributed by atoms with Crippen molar-refractivity contribution in [1.29, 1.82) is 0 Å². The maximum absolute atomic E-state index is 9.08. The molecule has 0 rings (SSSR count). The number of aliphatic hydroxyl groups is 1. The fourth-order valence-corrected chi connectivity index (χ4v) is 0.846. The lowest BCUT2D eigenvalue weighted by Crippen LogP contribution is -2.33.